The topological polar surface area (TPSA) is 52.0 Å². The van der Waals surface area contributed by atoms with Crippen molar-refractivity contribution in [1.29, 1.82) is 0 Å². The molecule has 118 valence electrons. The molecule has 5 nitrogen and oxygen atoms in total. The van der Waals surface area contributed by atoms with Crippen LogP contribution in [0.2, 0.25) is 0 Å². The molecule has 0 amide bonds. The number of nitrogens with zero attached hydrogens (tertiary/aromatic N) is 3. The fourth-order valence-corrected chi connectivity index (χ4v) is 2.49. The Balaban J connectivity index is 1.48. The molecule has 1 atom stereocenters. The molecule has 0 aliphatic carbocycles. The van der Waals surface area contributed by atoms with Crippen LogP contribution in [0.1, 0.15) is 17.7 Å². The summed E-state index contributed by atoms with van der Waals surface area (Å²) < 4.78 is 33.4. The molecule has 1 saturated heterocycles. The first-order valence-electron chi connectivity index (χ1n) is 7.32. The number of ether oxygens (including phenoxy) is 1. The SMILES string of the molecule is Fc1ccc(CNCc2cn(CC3CCOC3)nn2)c(F)c1. The first-order chi connectivity index (χ1) is 10.7. The number of nitrogens with one attached hydrogen (secondary N) is 1. The van der Waals surface area contributed by atoms with Crippen LogP contribution in [-0.4, -0.2) is 28.2 Å². The van der Waals surface area contributed by atoms with Crippen LogP contribution in [0.4, 0.5) is 8.78 Å². The molecule has 2 aromatic rings. The molecule has 1 unspecified atom stereocenters. The summed E-state index contributed by atoms with van der Waals surface area (Å²) in [4.78, 5) is 0. The Morgan fingerprint density at radius 3 is 3.00 bits per heavy atom. The lowest BCUT2D eigenvalue weighted by atomic mass is 10.1. The summed E-state index contributed by atoms with van der Waals surface area (Å²) in [6.45, 7) is 3.20. The van der Waals surface area contributed by atoms with E-state index in [9.17, 15) is 8.78 Å². The predicted molar refractivity (Wildman–Crippen MR) is 75.8 cm³/mol. The molecule has 1 aliphatic rings. The molecular weight excluding hydrogens is 290 g/mol. The molecule has 2 heterocycles. The summed E-state index contributed by atoms with van der Waals surface area (Å²) in [6, 6.07) is 3.58. The maximum absolute atomic E-state index is 13.5. The number of hydrogen-bond acceptors (Lipinski definition) is 4. The molecule has 1 N–H and O–H groups in total. The molecule has 0 radical (unpaired) electrons. The lowest BCUT2D eigenvalue weighted by Crippen LogP contribution is -2.14. The minimum atomic E-state index is -0.569. The van der Waals surface area contributed by atoms with Gasteiger partial charge in [0.2, 0.25) is 0 Å². The molecule has 7 heteroatoms. The van der Waals surface area contributed by atoms with Crippen molar-refractivity contribution in [2.75, 3.05) is 13.2 Å². The summed E-state index contributed by atoms with van der Waals surface area (Å²) >= 11 is 0. The van der Waals surface area contributed by atoms with Gasteiger partial charge in [-0.25, -0.2) is 8.78 Å². The third-order valence-corrected chi connectivity index (χ3v) is 3.69. The minimum Gasteiger partial charge on any atom is -0.381 e. The van der Waals surface area contributed by atoms with Gasteiger partial charge in [-0.05, 0) is 12.5 Å². The Hall–Kier alpha value is -1.86. The lowest BCUT2D eigenvalue weighted by Gasteiger charge is -2.06. The highest BCUT2D eigenvalue weighted by molar-refractivity contribution is 5.18. The van der Waals surface area contributed by atoms with Gasteiger partial charge in [0.1, 0.15) is 11.6 Å². The van der Waals surface area contributed by atoms with Crippen molar-refractivity contribution in [2.24, 2.45) is 5.92 Å². The average Bonchev–Trinajstić information content (AvgIpc) is 3.14. The first kappa shape index (κ1) is 15.1. The lowest BCUT2D eigenvalue weighted by molar-refractivity contribution is 0.181. The van der Waals surface area contributed by atoms with Crippen molar-refractivity contribution < 1.29 is 13.5 Å². The highest BCUT2D eigenvalue weighted by Gasteiger charge is 2.16. The molecule has 0 bridgehead atoms. The Kier molecular flexibility index (Phi) is 4.74. The van der Waals surface area contributed by atoms with Crippen LogP contribution in [-0.2, 0) is 24.4 Å². The second kappa shape index (κ2) is 6.93. The van der Waals surface area contributed by atoms with Gasteiger partial charge in [-0.1, -0.05) is 11.3 Å². The van der Waals surface area contributed by atoms with Gasteiger partial charge >= 0.3 is 0 Å². The van der Waals surface area contributed by atoms with E-state index in [1.807, 2.05) is 10.9 Å². The molecule has 1 fully saturated rings. The van der Waals surface area contributed by atoms with E-state index < -0.39 is 11.6 Å². The number of halogens is 2. The maximum Gasteiger partial charge on any atom is 0.130 e. The van der Waals surface area contributed by atoms with Crippen LogP contribution in [0.5, 0.6) is 0 Å². The van der Waals surface area contributed by atoms with Crippen molar-refractivity contribution >= 4 is 0 Å². The average molecular weight is 308 g/mol. The second-order valence-corrected chi connectivity index (χ2v) is 5.50. The standard InChI is InChI=1S/C15H18F2N4O/c16-13-2-1-12(15(17)5-13)6-18-7-14-9-21(20-19-14)8-11-3-4-22-10-11/h1-2,5,9,11,18H,3-4,6-8,10H2. The van der Waals surface area contributed by atoms with Crippen molar-refractivity contribution in [2.45, 2.75) is 26.1 Å². The van der Waals surface area contributed by atoms with E-state index in [0.29, 0.717) is 24.6 Å². The predicted octanol–water partition coefficient (Wildman–Crippen LogP) is 1.88. The van der Waals surface area contributed by atoms with Crippen molar-refractivity contribution in [1.82, 2.24) is 20.3 Å². The molecule has 1 aromatic carbocycles. The Morgan fingerprint density at radius 2 is 2.23 bits per heavy atom. The van der Waals surface area contributed by atoms with Crippen LogP contribution in [0, 0.1) is 17.6 Å². The van der Waals surface area contributed by atoms with Crippen LogP contribution in [0.3, 0.4) is 0 Å². The Morgan fingerprint density at radius 1 is 1.32 bits per heavy atom. The maximum atomic E-state index is 13.5. The van der Waals surface area contributed by atoms with E-state index in [1.54, 1.807) is 0 Å². The number of rotatable bonds is 6. The highest BCUT2D eigenvalue weighted by Crippen LogP contribution is 2.14. The molecule has 3 rings (SSSR count). The van der Waals surface area contributed by atoms with Gasteiger partial charge in [-0.3, -0.25) is 4.68 Å². The summed E-state index contributed by atoms with van der Waals surface area (Å²) in [5.74, 6) is -0.617. The van der Waals surface area contributed by atoms with E-state index in [-0.39, 0.29) is 0 Å². The van der Waals surface area contributed by atoms with Gasteiger partial charge in [-0.15, -0.1) is 5.10 Å². The highest BCUT2D eigenvalue weighted by atomic mass is 19.1. The summed E-state index contributed by atoms with van der Waals surface area (Å²) in [5.41, 5.74) is 1.22. The smallest absolute Gasteiger partial charge is 0.130 e. The fraction of sp³-hybridized carbons (Fsp3) is 0.467. The van der Waals surface area contributed by atoms with E-state index in [4.69, 9.17) is 4.74 Å². The van der Waals surface area contributed by atoms with E-state index in [0.717, 1.165) is 37.9 Å². The molecule has 1 aromatic heterocycles. The van der Waals surface area contributed by atoms with Gasteiger partial charge in [0.05, 0.1) is 12.3 Å². The van der Waals surface area contributed by atoms with Crippen molar-refractivity contribution in [3.63, 3.8) is 0 Å². The second-order valence-electron chi connectivity index (χ2n) is 5.50. The molecule has 0 spiro atoms. The van der Waals surface area contributed by atoms with Crippen molar-refractivity contribution in [3.8, 4) is 0 Å². The van der Waals surface area contributed by atoms with E-state index in [2.05, 4.69) is 15.6 Å². The molecule has 1 aliphatic heterocycles. The molecule has 0 saturated carbocycles. The first-order valence-corrected chi connectivity index (χ1v) is 7.32. The zero-order valence-electron chi connectivity index (χ0n) is 12.1. The summed E-state index contributed by atoms with van der Waals surface area (Å²) in [6.07, 6.45) is 2.93. The zero-order chi connectivity index (χ0) is 15.4. The van der Waals surface area contributed by atoms with Gasteiger partial charge in [0, 0.05) is 50.0 Å². The third-order valence-electron chi connectivity index (χ3n) is 3.69. The monoisotopic (exact) mass is 308 g/mol. The van der Waals surface area contributed by atoms with Crippen LogP contribution < -0.4 is 5.32 Å². The number of hydrogen-bond donors (Lipinski definition) is 1. The Bertz CT molecular complexity index is 626. The number of benzene rings is 1. The molecular formula is C15H18F2N4O. The van der Waals surface area contributed by atoms with Crippen LogP contribution in [0.25, 0.3) is 0 Å². The largest absolute Gasteiger partial charge is 0.381 e. The van der Waals surface area contributed by atoms with Gasteiger partial charge in [-0.2, -0.15) is 0 Å². The van der Waals surface area contributed by atoms with Crippen molar-refractivity contribution in [3.05, 3.63) is 47.3 Å². The minimum absolute atomic E-state index is 0.315. The summed E-state index contributed by atoms with van der Waals surface area (Å²) in [7, 11) is 0. The van der Waals surface area contributed by atoms with Gasteiger partial charge < -0.3 is 10.1 Å². The zero-order valence-corrected chi connectivity index (χ0v) is 12.1. The number of aromatic nitrogens is 3. The quantitative estimate of drug-likeness (QED) is 0.885. The fourth-order valence-electron chi connectivity index (χ4n) is 2.49. The van der Waals surface area contributed by atoms with Gasteiger partial charge in [0.15, 0.2) is 0 Å². The van der Waals surface area contributed by atoms with Crippen LogP contribution in [0.15, 0.2) is 24.4 Å². The van der Waals surface area contributed by atoms with Gasteiger partial charge in [0.25, 0.3) is 0 Å². The van der Waals surface area contributed by atoms with Crippen LogP contribution >= 0.6 is 0 Å². The Labute approximate surface area is 127 Å². The normalized spacial score (nSPS) is 18.0. The molecule has 22 heavy (non-hydrogen) atoms. The van der Waals surface area contributed by atoms with E-state index >= 15 is 0 Å². The summed E-state index contributed by atoms with van der Waals surface area (Å²) in [5, 5.41) is 11.2. The van der Waals surface area contributed by atoms with E-state index in [1.165, 1.54) is 12.1 Å². The third kappa shape index (κ3) is 3.86.